The highest BCUT2D eigenvalue weighted by atomic mass is 19.4. The SMILES string of the molecule is NNc1c(C(=O)NCC2CCC2)cccc1C(F)(F)F. The largest absolute Gasteiger partial charge is 0.418 e. The third kappa shape index (κ3) is 3.04. The van der Waals surface area contributed by atoms with E-state index in [-0.39, 0.29) is 5.56 Å². The molecule has 0 bridgehead atoms. The number of rotatable bonds is 4. The predicted molar refractivity (Wildman–Crippen MR) is 68.9 cm³/mol. The number of anilines is 1. The molecule has 4 nitrogen and oxygen atoms in total. The van der Waals surface area contributed by atoms with Crippen molar-refractivity contribution < 1.29 is 18.0 Å². The summed E-state index contributed by atoms with van der Waals surface area (Å²) in [6, 6.07) is 3.40. The number of hydrogen-bond donors (Lipinski definition) is 3. The number of benzene rings is 1. The molecule has 1 aliphatic carbocycles. The van der Waals surface area contributed by atoms with E-state index in [1.165, 1.54) is 12.1 Å². The monoisotopic (exact) mass is 287 g/mol. The number of carbonyl (C=O) groups is 1. The van der Waals surface area contributed by atoms with Crippen LogP contribution in [0.2, 0.25) is 0 Å². The van der Waals surface area contributed by atoms with Crippen molar-refractivity contribution in [1.82, 2.24) is 5.32 Å². The van der Waals surface area contributed by atoms with Gasteiger partial charge >= 0.3 is 6.18 Å². The fraction of sp³-hybridized carbons (Fsp3) is 0.462. The number of carbonyl (C=O) groups excluding carboxylic acids is 1. The first-order valence-corrected chi connectivity index (χ1v) is 6.38. The number of hydrazine groups is 1. The Balaban J connectivity index is 2.19. The summed E-state index contributed by atoms with van der Waals surface area (Å²) in [6.45, 7) is 0.485. The van der Waals surface area contributed by atoms with Crippen LogP contribution in [-0.2, 0) is 6.18 Å². The van der Waals surface area contributed by atoms with Crippen molar-refractivity contribution in [3.8, 4) is 0 Å². The number of para-hydroxylation sites is 1. The van der Waals surface area contributed by atoms with Crippen LogP contribution in [0.3, 0.4) is 0 Å². The first-order valence-electron chi connectivity index (χ1n) is 6.38. The molecule has 0 aromatic heterocycles. The van der Waals surface area contributed by atoms with Gasteiger partial charge in [0.25, 0.3) is 5.91 Å². The zero-order valence-electron chi connectivity index (χ0n) is 10.8. The minimum Gasteiger partial charge on any atom is -0.352 e. The molecule has 0 unspecified atom stereocenters. The van der Waals surface area contributed by atoms with Crippen molar-refractivity contribution in [2.75, 3.05) is 12.0 Å². The topological polar surface area (TPSA) is 67.1 Å². The lowest BCUT2D eigenvalue weighted by atomic mass is 9.85. The Morgan fingerprint density at radius 3 is 2.55 bits per heavy atom. The Morgan fingerprint density at radius 2 is 2.05 bits per heavy atom. The van der Waals surface area contributed by atoms with Crippen molar-refractivity contribution in [1.29, 1.82) is 0 Å². The molecule has 0 atom stereocenters. The maximum Gasteiger partial charge on any atom is 0.418 e. The van der Waals surface area contributed by atoms with E-state index >= 15 is 0 Å². The number of nitrogen functional groups attached to an aromatic ring is 1. The van der Waals surface area contributed by atoms with Crippen LogP contribution in [0.5, 0.6) is 0 Å². The second-order valence-corrected chi connectivity index (χ2v) is 4.88. The summed E-state index contributed by atoms with van der Waals surface area (Å²) in [7, 11) is 0. The van der Waals surface area contributed by atoms with Crippen LogP contribution in [0, 0.1) is 5.92 Å². The van der Waals surface area contributed by atoms with Crippen molar-refractivity contribution in [2.45, 2.75) is 25.4 Å². The van der Waals surface area contributed by atoms with E-state index < -0.39 is 23.3 Å². The molecule has 1 aromatic rings. The van der Waals surface area contributed by atoms with Crippen molar-refractivity contribution >= 4 is 11.6 Å². The normalized spacial score (nSPS) is 15.6. The van der Waals surface area contributed by atoms with Crippen LogP contribution in [0.25, 0.3) is 0 Å². The summed E-state index contributed by atoms with van der Waals surface area (Å²) in [5.41, 5.74) is 0.546. The highest BCUT2D eigenvalue weighted by molar-refractivity contribution is 6.00. The van der Waals surface area contributed by atoms with Crippen molar-refractivity contribution in [3.05, 3.63) is 29.3 Å². The molecule has 0 heterocycles. The van der Waals surface area contributed by atoms with E-state index in [1.807, 2.05) is 5.43 Å². The molecule has 2 rings (SSSR count). The molecule has 1 aromatic carbocycles. The Bertz CT molecular complexity index is 498. The molecule has 0 saturated heterocycles. The number of nitrogens with one attached hydrogen (secondary N) is 2. The van der Waals surface area contributed by atoms with E-state index in [1.54, 1.807) is 0 Å². The maximum atomic E-state index is 12.8. The number of halogens is 3. The minimum atomic E-state index is -4.56. The van der Waals surface area contributed by atoms with Crippen LogP contribution in [0.4, 0.5) is 18.9 Å². The number of nitrogens with two attached hydrogens (primary N) is 1. The molecule has 1 saturated carbocycles. The van der Waals surface area contributed by atoms with Gasteiger partial charge in [0.1, 0.15) is 0 Å². The number of alkyl halides is 3. The van der Waals surface area contributed by atoms with Crippen LogP contribution >= 0.6 is 0 Å². The van der Waals surface area contributed by atoms with E-state index in [4.69, 9.17) is 5.84 Å². The summed E-state index contributed by atoms with van der Waals surface area (Å²) < 4.78 is 38.5. The summed E-state index contributed by atoms with van der Waals surface area (Å²) >= 11 is 0. The fourth-order valence-electron chi connectivity index (χ4n) is 2.16. The lowest BCUT2D eigenvalue weighted by Crippen LogP contribution is -2.33. The van der Waals surface area contributed by atoms with Crippen LogP contribution in [0.15, 0.2) is 18.2 Å². The van der Waals surface area contributed by atoms with Gasteiger partial charge in [-0.2, -0.15) is 13.2 Å². The van der Waals surface area contributed by atoms with Gasteiger partial charge in [-0.15, -0.1) is 0 Å². The first-order chi connectivity index (χ1) is 9.43. The average Bonchev–Trinajstić information content (AvgIpc) is 2.34. The molecule has 1 fully saturated rings. The zero-order valence-corrected chi connectivity index (χ0v) is 10.8. The lowest BCUT2D eigenvalue weighted by Gasteiger charge is -2.25. The summed E-state index contributed by atoms with van der Waals surface area (Å²) in [5, 5.41) is 2.65. The van der Waals surface area contributed by atoms with E-state index in [9.17, 15) is 18.0 Å². The Kier molecular flexibility index (Phi) is 4.17. The first kappa shape index (κ1) is 14.6. The van der Waals surface area contributed by atoms with Gasteiger partial charge in [-0.05, 0) is 30.9 Å². The van der Waals surface area contributed by atoms with Gasteiger partial charge < -0.3 is 10.7 Å². The lowest BCUT2D eigenvalue weighted by molar-refractivity contribution is -0.137. The predicted octanol–water partition coefficient (Wildman–Crippen LogP) is 2.52. The quantitative estimate of drug-likeness (QED) is 0.589. The van der Waals surface area contributed by atoms with Gasteiger partial charge in [0.05, 0.1) is 16.8 Å². The number of hydrogen-bond acceptors (Lipinski definition) is 3. The molecular weight excluding hydrogens is 271 g/mol. The molecule has 1 amide bonds. The standard InChI is InChI=1S/C13H16F3N3O/c14-13(15,16)10-6-2-5-9(11(10)19-17)12(20)18-7-8-3-1-4-8/h2,5-6,8,19H,1,3-4,7,17H2,(H,18,20). The van der Waals surface area contributed by atoms with Gasteiger partial charge in [-0.3, -0.25) is 10.6 Å². The third-order valence-electron chi connectivity index (χ3n) is 3.53. The molecule has 0 spiro atoms. The Morgan fingerprint density at radius 1 is 1.35 bits per heavy atom. The zero-order chi connectivity index (χ0) is 14.8. The molecule has 7 heteroatoms. The van der Waals surface area contributed by atoms with Crippen LogP contribution < -0.4 is 16.6 Å². The molecule has 0 aliphatic heterocycles. The molecule has 20 heavy (non-hydrogen) atoms. The second-order valence-electron chi connectivity index (χ2n) is 4.88. The average molecular weight is 287 g/mol. The molecule has 0 radical (unpaired) electrons. The molecule has 1 aliphatic rings. The third-order valence-corrected chi connectivity index (χ3v) is 3.53. The smallest absolute Gasteiger partial charge is 0.352 e. The maximum absolute atomic E-state index is 12.8. The summed E-state index contributed by atoms with van der Waals surface area (Å²) in [6.07, 6.45) is -1.33. The van der Waals surface area contributed by atoms with Gasteiger partial charge in [0.15, 0.2) is 0 Å². The molecular formula is C13H16F3N3O. The summed E-state index contributed by atoms with van der Waals surface area (Å²) in [4.78, 5) is 12.0. The Labute approximate surface area is 114 Å². The van der Waals surface area contributed by atoms with Gasteiger partial charge in [0, 0.05) is 6.54 Å². The fourth-order valence-corrected chi connectivity index (χ4v) is 2.16. The van der Waals surface area contributed by atoms with Gasteiger partial charge in [0.2, 0.25) is 0 Å². The Hall–Kier alpha value is -1.76. The molecule has 110 valence electrons. The van der Waals surface area contributed by atoms with Crippen LogP contribution in [-0.4, -0.2) is 12.5 Å². The number of amides is 1. The highest BCUT2D eigenvalue weighted by Crippen LogP contribution is 2.36. The van der Waals surface area contributed by atoms with E-state index in [2.05, 4.69) is 5.32 Å². The van der Waals surface area contributed by atoms with E-state index in [0.717, 1.165) is 25.3 Å². The second kappa shape index (κ2) is 5.70. The van der Waals surface area contributed by atoms with Crippen molar-refractivity contribution in [2.24, 2.45) is 11.8 Å². The van der Waals surface area contributed by atoms with Crippen LogP contribution in [0.1, 0.15) is 35.2 Å². The van der Waals surface area contributed by atoms with Crippen molar-refractivity contribution in [3.63, 3.8) is 0 Å². The summed E-state index contributed by atoms with van der Waals surface area (Å²) in [5.74, 6) is 5.03. The van der Waals surface area contributed by atoms with E-state index in [0.29, 0.717) is 12.5 Å². The highest BCUT2D eigenvalue weighted by Gasteiger charge is 2.35. The minimum absolute atomic E-state index is 0.0957. The van der Waals surface area contributed by atoms with Gasteiger partial charge in [-0.1, -0.05) is 12.5 Å². The molecule has 4 N–H and O–H groups in total. The van der Waals surface area contributed by atoms with Gasteiger partial charge in [-0.25, -0.2) is 0 Å².